The molecule has 3 rings (SSSR count). The minimum Gasteiger partial charge on any atom is -0.475 e. The highest BCUT2D eigenvalue weighted by molar-refractivity contribution is 5.98. The first-order chi connectivity index (χ1) is 13.0. The molecule has 0 aromatic heterocycles. The van der Waals surface area contributed by atoms with Gasteiger partial charge in [-0.3, -0.25) is 0 Å². The van der Waals surface area contributed by atoms with Crippen molar-refractivity contribution in [3.63, 3.8) is 0 Å². The normalized spacial score (nSPS) is 15.1. The van der Waals surface area contributed by atoms with Crippen molar-refractivity contribution in [1.82, 2.24) is 0 Å². The van der Waals surface area contributed by atoms with Crippen molar-refractivity contribution in [1.29, 1.82) is 0 Å². The number of cyclic esters (lactones) is 1. The molecule has 1 fully saturated rings. The van der Waals surface area contributed by atoms with Gasteiger partial charge in [-0.2, -0.15) is 5.10 Å². The summed E-state index contributed by atoms with van der Waals surface area (Å²) >= 11 is 0. The summed E-state index contributed by atoms with van der Waals surface area (Å²) in [6.45, 7) is 3.43. The largest absolute Gasteiger partial charge is 0.475 e. The molecular weight excluding hydrogens is 353 g/mol. The summed E-state index contributed by atoms with van der Waals surface area (Å²) in [7, 11) is 0. The summed E-state index contributed by atoms with van der Waals surface area (Å²) in [6, 6.07) is 13.2. The van der Waals surface area contributed by atoms with Crippen LogP contribution in [0.15, 0.2) is 58.7 Å². The summed E-state index contributed by atoms with van der Waals surface area (Å²) in [5.41, 5.74) is 2.46. The van der Waals surface area contributed by atoms with Crippen LogP contribution in [-0.2, 0) is 20.9 Å². The van der Waals surface area contributed by atoms with Gasteiger partial charge in [0.15, 0.2) is 0 Å². The summed E-state index contributed by atoms with van der Waals surface area (Å²) in [5, 5.41) is 9.15. The van der Waals surface area contributed by atoms with E-state index in [-0.39, 0.29) is 19.2 Å². The molecule has 1 amide bonds. The van der Waals surface area contributed by atoms with Crippen molar-refractivity contribution >= 4 is 23.4 Å². The lowest BCUT2D eigenvalue weighted by Gasteiger charge is -2.15. The third kappa shape index (κ3) is 4.68. The van der Waals surface area contributed by atoms with Crippen LogP contribution in [0.4, 0.5) is 14.9 Å². The molecule has 0 N–H and O–H groups in total. The second-order valence-corrected chi connectivity index (χ2v) is 5.68. The quantitative estimate of drug-likeness (QED) is 0.452. The van der Waals surface area contributed by atoms with Crippen LogP contribution in [0.5, 0.6) is 0 Å². The predicted molar refractivity (Wildman–Crippen MR) is 97.9 cm³/mol. The van der Waals surface area contributed by atoms with Crippen molar-refractivity contribution in [3.05, 3.63) is 65.5 Å². The number of amides is 1. The van der Waals surface area contributed by atoms with E-state index >= 15 is 0 Å². The minimum absolute atomic E-state index is 0.122. The number of hydrogen-bond donors (Lipinski definition) is 0. The second kappa shape index (κ2) is 8.41. The van der Waals surface area contributed by atoms with Crippen molar-refractivity contribution in [2.75, 3.05) is 11.9 Å². The minimum atomic E-state index is -0.580. The Kier molecular flexibility index (Phi) is 5.77. The van der Waals surface area contributed by atoms with Gasteiger partial charge in [0.2, 0.25) is 12.7 Å². The van der Waals surface area contributed by atoms with Gasteiger partial charge < -0.3 is 9.47 Å². The molecule has 140 valence electrons. The molecule has 0 radical (unpaired) electrons. The van der Waals surface area contributed by atoms with Gasteiger partial charge in [0, 0.05) is 18.1 Å². The zero-order chi connectivity index (χ0) is 19.2. The van der Waals surface area contributed by atoms with Gasteiger partial charge in [-0.05, 0) is 25.1 Å². The van der Waals surface area contributed by atoms with E-state index in [0.717, 1.165) is 10.6 Å². The summed E-state index contributed by atoms with van der Waals surface area (Å²) in [5.74, 6) is -0.0104. The first-order valence-corrected chi connectivity index (χ1v) is 8.20. The van der Waals surface area contributed by atoms with Gasteiger partial charge in [-0.1, -0.05) is 30.3 Å². The van der Waals surface area contributed by atoms with E-state index < -0.39 is 6.09 Å². The Morgan fingerprint density at radius 2 is 2.00 bits per heavy atom. The summed E-state index contributed by atoms with van der Waals surface area (Å²) in [4.78, 5) is 16.8. The molecule has 0 saturated carbocycles. The predicted octanol–water partition coefficient (Wildman–Crippen LogP) is 4.03. The van der Waals surface area contributed by atoms with Crippen LogP contribution >= 0.6 is 0 Å². The van der Waals surface area contributed by atoms with Gasteiger partial charge in [0.05, 0.1) is 11.4 Å². The number of benzene rings is 2. The molecular formula is C19H18FN3O4. The van der Waals surface area contributed by atoms with Crippen molar-refractivity contribution in [2.45, 2.75) is 20.5 Å². The maximum absolute atomic E-state index is 13.3. The Morgan fingerprint density at radius 1 is 1.19 bits per heavy atom. The van der Waals surface area contributed by atoms with E-state index in [1.807, 2.05) is 6.07 Å². The van der Waals surface area contributed by atoms with Gasteiger partial charge in [0.25, 0.3) is 0 Å². The molecule has 0 unspecified atom stereocenters. The van der Waals surface area contributed by atoms with Gasteiger partial charge in [0.1, 0.15) is 12.4 Å². The number of nitrogens with zero attached hydrogens (tertiary/aromatic N) is 3. The molecule has 2 aromatic carbocycles. The van der Waals surface area contributed by atoms with E-state index in [1.54, 1.807) is 44.2 Å². The topological polar surface area (TPSA) is 72.7 Å². The van der Waals surface area contributed by atoms with E-state index in [1.165, 1.54) is 12.1 Å². The van der Waals surface area contributed by atoms with E-state index in [2.05, 4.69) is 10.2 Å². The number of carbonyl (C=O) groups is 1. The molecule has 27 heavy (non-hydrogen) atoms. The first kappa shape index (κ1) is 18.5. The van der Waals surface area contributed by atoms with E-state index in [9.17, 15) is 9.18 Å². The lowest BCUT2D eigenvalue weighted by atomic mass is 10.1. The van der Waals surface area contributed by atoms with Crippen LogP contribution in [0, 0.1) is 5.82 Å². The monoisotopic (exact) mass is 371 g/mol. The second-order valence-electron chi connectivity index (χ2n) is 5.68. The number of para-hydroxylation sites is 1. The van der Waals surface area contributed by atoms with Crippen molar-refractivity contribution in [3.8, 4) is 0 Å². The van der Waals surface area contributed by atoms with Crippen molar-refractivity contribution < 1.29 is 23.5 Å². The lowest BCUT2D eigenvalue weighted by Crippen LogP contribution is -2.23. The van der Waals surface area contributed by atoms with Crippen LogP contribution in [-0.4, -0.2) is 24.5 Å². The SMILES string of the molecule is C/C(=N\N=C(/C)c1cccc(F)c1)OCc1ccccc1N1OCOC1=O. The molecule has 2 aromatic rings. The Labute approximate surface area is 155 Å². The van der Waals surface area contributed by atoms with Gasteiger partial charge in [-0.25, -0.2) is 14.0 Å². The molecule has 1 aliphatic rings. The Hall–Kier alpha value is -3.26. The number of ether oxygens (including phenoxy) is 2. The number of rotatable bonds is 5. The third-order valence-corrected chi connectivity index (χ3v) is 3.76. The smallest absolute Gasteiger partial charge is 0.441 e. The van der Waals surface area contributed by atoms with E-state index in [0.29, 0.717) is 22.9 Å². The first-order valence-electron chi connectivity index (χ1n) is 8.20. The zero-order valence-electron chi connectivity index (χ0n) is 14.9. The van der Waals surface area contributed by atoms with Crippen LogP contribution in [0.2, 0.25) is 0 Å². The molecule has 1 aliphatic heterocycles. The molecule has 0 spiro atoms. The molecule has 0 aliphatic carbocycles. The molecule has 1 heterocycles. The Morgan fingerprint density at radius 3 is 2.74 bits per heavy atom. The average Bonchev–Trinajstić information content (AvgIpc) is 3.10. The highest BCUT2D eigenvalue weighted by Crippen LogP contribution is 2.25. The highest BCUT2D eigenvalue weighted by atomic mass is 19.1. The average molecular weight is 371 g/mol. The number of halogens is 1. The third-order valence-electron chi connectivity index (χ3n) is 3.76. The number of carbonyl (C=O) groups excluding carboxylic acids is 1. The lowest BCUT2D eigenvalue weighted by molar-refractivity contribution is 0.0701. The molecule has 0 atom stereocenters. The maximum Gasteiger partial charge on any atom is 0.441 e. The summed E-state index contributed by atoms with van der Waals surface area (Å²) in [6.07, 6.45) is -0.580. The summed E-state index contributed by atoms with van der Waals surface area (Å²) < 4.78 is 23.6. The van der Waals surface area contributed by atoms with Gasteiger partial charge >= 0.3 is 6.09 Å². The fourth-order valence-electron chi connectivity index (χ4n) is 2.37. The van der Waals surface area contributed by atoms with Crippen LogP contribution in [0.25, 0.3) is 0 Å². The molecule has 7 nitrogen and oxygen atoms in total. The zero-order valence-corrected chi connectivity index (χ0v) is 14.9. The van der Waals surface area contributed by atoms with Gasteiger partial charge in [-0.15, -0.1) is 10.2 Å². The number of hydrogen-bond acceptors (Lipinski definition) is 6. The Bertz CT molecular complexity index is 898. The fraction of sp³-hybridized carbons (Fsp3) is 0.211. The standard InChI is InChI=1S/C19H18FN3O4/c1-13(15-7-5-8-17(20)10-15)21-22-14(2)25-11-16-6-3-4-9-18(16)23-19(24)26-12-27-23/h3-10H,11-12H2,1-2H3/b21-13+,22-14+. The van der Waals surface area contributed by atoms with E-state index in [4.69, 9.17) is 14.3 Å². The maximum atomic E-state index is 13.3. The molecule has 8 heteroatoms. The number of anilines is 1. The Balaban J connectivity index is 1.67. The molecule has 1 saturated heterocycles. The van der Waals surface area contributed by atoms with Crippen LogP contribution in [0.3, 0.4) is 0 Å². The highest BCUT2D eigenvalue weighted by Gasteiger charge is 2.27. The van der Waals surface area contributed by atoms with Crippen molar-refractivity contribution in [2.24, 2.45) is 10.2 Å². The number of hydroxylamine groups is 1. The fourth-order valence-corrected chi connectivity index (χ4v) is 2.37. The molecule has 0 bridgehead atoms. The van der Waals surface area contributed by atoms with Crippen LogP contribution in [0.1, 0.15) is 25.0 Å². The van der Waals surface area contributed by atoms with Crippen LogP contribution < -0.4 is 5.06 Å².